The maximum atomic E-state index is 12.6. The number of benzene rings is 1. The standard InChI is InChI=1S/C14H8Cl2F3N3S/c15-10-2-1-8(5-12(10)23-22-4-3-20)13-11(16)6-9(7-21-13)14(17,18)19/h1-2,5-7,22H,4H2. The molecule has 1 aromatic heterocycles. The molecule has 23 heavy (non-hydrogen) atoms. The third-order valence-electron chi connectivity index (χ3n) is 2.71. The van der Waals surface area contributed by atoms with Crippen LogP contribution in [-0.2, 0) is 6.18 Å². The highest BCUT2D eigenvalue weighted by Crippen LogP contribution is 2.36. The molecule has 0 spiro atoms. The van der Waals surface area contributed by atoms with E-state index in [0.717, 1.165) is 24.2 Å². The summed E-state index contributed by atoms with van der Waals surface area (Å²) >= 11 is 13.1. The monoisotopic (exact) mass is 377 g/mol. The van der Waals surface area contributed by atoms with Crippen molar-refractivity contribution in [1.29, 1.82) is 5.26 Å². The average molecular weight is 378 g/mol. The van der Waals surface area contributed by atoms with Crippen molar-refractivity contribution in [3.8, 4) is 17.3 Å². The van der Waals surface area contributed by atoms with Crippen LogP contribution in [0.3, 0.4) is 0 Å². The van der Waals surface area contributed by atoms with Crippen LogP contribution in [0.4, 0.5) is 13.2 Å². The Bertz CT molecular complexity index is 760. The van der Waals surface area contributed by atoms with Gasteiger partial charge in [0.1, 0.15) is 0 Å². The zero-order valence-corrected chi connectivity index (χ0v) is 13.6. The van der Waals surface area contributed by atoms with E-state index in [1.54, 1.807) is 18.2 Å². The molecule has 2 aromatic rings. The minimum atomic E-state index is -4.50. The average Bonchev–Trinajstić information content (AvgIpc) is 2.48. The van der Waals surface area contributed by atoms with E-state index in [9.17, 15) is 13.2 Å². The van der Waals surface area contributed by atoms with Crippen LogP contribution in [0.5, 0.6) is 0 Å². The summed E-state index contributed by atoms with van der Waals surface area (Å²) in [5.41, 5.74) is -0.168. The fourth-order valence-electron chi connectivity index (χ4n) is 1.68. The molecular weight excluding hydrogens is 370 g/mol. The number of nitrogens with one attached hydrogen (secondary N) is 1. The molecule has 0 aliphatic heterocycles. The van der Waals surface area contributed by atoms with E-state index in [4.69, 9.17) is 28.5 Å². The summed E-state index contributed by atoms with van der Waals surface area (Å²) in [7, 11) is 0. The van der Waals surface area contributed by atoms with Crippen molar-refractivity contribution in [1.82, 2.24) is 9.71 Å². The molecule has 3 nitrogen and oxygen atoms in total. The number of pyridine rings is 1. The van der Waals surface area contributed by atoms with Gasteiger partial charge in [0.15, 0.2) is 0 Å². The van der Waals surface area contributed by atoms with Gasteiger partial charge in [-0.2, -0.15) is 18.4 Å². The van der Waals surface area contributed by atoms with Gasteiger partial charge < -0.3 is 0 Å². The van der Waals surface area contributed by atoms with Gasteiger partial charge in [-0.25, -0.2) is 4.72 Å². The van der Waals surface area contributed by atoms with Crippen molar-refractivity contribution in [2.75, 3.05) is 6.54 Å². The summed E-state index contributed by atoms with van der Waals surface area (Å²) in [5, 5.41) is 8.83. The molecule has 0 aliphatic carbocycles. The number of hydrogen-bond donors (Lipinski definition) is 1. The van der Waals surface area contributed by atoms with Gasteiger partial charge >= 0.3 is 6.18 Å². The predicted octanol–water partition coefficient (Wildman–Crippen LogP) is 5.19. The van der Waals surface area contributed by atoms with Crippen molar-refractivity contribution in [3.63, 3.8) is 0 Å². The normalized spacial score (nSPS) is 11.3. The first-order valence-corrected chi connectivity index (χ1v) is 7.69. The number of aromatic nitrogens is 1. The number of nitrogens with zero attached hydrogens (tertiary/aromatic N) is 2. The van der Waals surface area contributed by atoms with Gasteiger partial charge in [-0.05, 0) is 30.1 Å². The first kappa shape index (κ1) is 17.9. The predicted molar refractivity (Wildman–Crippen MR) is 84.2 cm³/mol. The maximum absolute atomic E-state index is 12.6. The first-order valence-electron chi connectivity index (χ1n) is 6.12. The van der Waals surface area contributed by atoms with Crippen LogP contribution < -0.4 is 4.72 Å². The van der Waals surface area contributed by atoms with Gasteiger partial charge in [0, 0.05) is 16.7 Å². The van der Waals surface area contributed by atoms with Crippen molar-refractivity contribution in [3.05, 3.63) is 46.1 Å². The number of alkyl halides is 3. The van der Waals surface area contributed by atoms with Crippen LogP contribution in [-0.4, -0.2) is 11.5 Å². The Labute approximate surface area is 144 Å². The van der Waals surface area contributed by atoms with Gasteiger partial charge in [0.2, 0.25) is 0 Å². The van der Waals surface area contributed by atoms with Crippen molar-refractivity contribution >= 4 is 35.1 Å². The second-order valence-corrected chi connectivity index (χ2v) is 6.03. The van der Waals surface area contributed by atoms with E-state index in [0.29, 0.717) is 15.5 Å². The minimum absolute atomic E-state index is 0.108. The summed E-state index contributed by atoms with van der Waals surface area (Å²) < 4.78 is 40.7. The topological polar surface area (TPSA) is 48.7 Å². The smallest absolute Gasteiger partial charge is 0.254 e. The van der Waals surface area contributed by atoms with E-state index in [1.165, 1.54) is 0 Å². The van der Waals surface area contributed by atoms with Crippen LogP contribution in [0.15, 0.2) is 35.4 Å². The second kappa shape index (κ2) is 7.41. The molecule has 1 aromatic carbocycles. The SMILES string of the molecule is N#CCNSc1cc(-c2ncc(C(F)(F)F)cc2Cl)ccc1Cl. The molecule has 0 unspecified atom stereocenters. The molecule has 1 N–H and O–H groups in total. The van der Waals surface area contributed by atoms with Gasteiger partial charge in [-0.1, -0.05) is 29.3 Å². The fourth-order valence-corrected chi connectivity index (χ4v) is 2.83. The summed E-state index contributed by atoms with van der Waals surface area (Å²) in [6.45, 7) is 0.116. The van der Waals surface area contributed by atoms with E-state index in [-0.39, 0.29) is 17.3 Å². The molecule has 0 saturated carbocycles. The van der Waals surface area contributed by atoms with Crippen LogP contribution in [0.1, 0.15) is 5.56 Å². The van der Waals surface area contributed by atoms with Crippen LogP contribution in [0.2, 0.25) is 10.0 Å². The number of rotatable bonds is 4. The summed E-state index contributed by atoms with van der Waals surface area (Å²) in [4.78, 5) is 4.41. The van der Waals surface area contributed by atoms with Gasteiger partial charge in [0.25, 0.3) is 0 Å². The quantitative estimate of drug-likeness (QED) is 0.452. The lowest BCUT2D eigenvalue weighted by atomic mass is 10.1. The molecule has 0 atom stereocenters. The van der Waals surface area contributed by atoms with Crippen molar-refractivity contribution < 1.29 is 13.2 Å². The third-order valence-corrected chi connectivity index (χ3v) is 4.28. The van der Waals surface area contributed by atoms with E-state index >= 15 is 0 Å². The molecule has 0 saturated heterocycles. The highest BCUT2D eigenvalue weighted by molar-refractivity contribution is 7.97. The lowest BCUT2D eigenvalue weighted by molar-refractivity contribution is -0.137. The Morgan fingerprint density at radius 2 is 1.96 bits per heavy atom. The maximum Gasteiger partial charge on any atom is 0.417 e. The molecule has 2 rings (SSSR count). The third kappa shape index (κ3) is 4.52. The van der Waals surface area contributed by atoms with Crippen molar-refractivity contribution in [2.45, 2.75) is 11.1 Å². The molecule has 0 bridgehead atoms. The zero-order chi connectivity index (χ0) is 17.0. The Hall–Kier alpha value is -1.46. The van der Waals surface area contributed by atoms with E-state index in [1.807, 2.05) is 6.07 Å². The Balaban J connectivity index is 2.35. The molecule has 120 valence electrons. The van der Waals surface area contributed by atoms with Crippen LogP contribution in [0, 0.1) is 11.3 Å². The van der Waals surface area contributed by atoms with E-state index in [2.05, 4.69) is 9.71 Å². The van der Waals surface area contributed by atoms with Crippen LogP contribution in [0.25, 0.3) is 11.3 Å². The van der Waals surface area contributed by atoms with Crippen LogP contribution >= 0.6 is 35.1 Å². The zero-order valence-electron chi connectivity index (χ0n) is 11.3. The fraction of sp³-hybridized carbons (Fsp3) is 0.143. The Morgan fingerprint density at radius 3 is 2.57 bits per heavy atom. The first-order chi connectivity index (χ1) is 10.8. The lowest BCUT2D eigenvalue weighted by Crippen LogP contribution is -2.06. The minimum Gasteiger partial charge on any atom is -0.254 e. The highest BCUT2D eigenvalue weighted by Gasteiger charge is 2.31. The molecular formula is C14H8Cl2F3N3S. The second-order valence-electron chi connectivity index (χ2n) is 4.28. The molecule has 0 fully saturated rings. The number of nitriles is 1. The molecule has 9 heteroatoms. The largest absolute Gasteiger partial charge is 0.417 e. The van der Waals surface area contributed by atoms with Gasteiger partial charge in [-0.15, -0.1) is 0 Å². The summed E-state index contributed by atoms with van der Waals surface area (Å²) in [6, 6.07) is 7.58. The Kier molecular flexibility index (Phi) is 5.76. The molecule has 1 heterocycles. The molecule has 0 radical (unpaired) electrons. The van der Waals surface area contributed by atoms with Crippen molar-refractivity contribution in [2.24, 2.45) is 0 Å². The van der Waals surface area contributed by atoms with Gasteiger partial charge in [0.05, 0.1) is 33.9 Å². The highest BCUT2D eigenvalue weighted by atomic mass is 35.5. The molecule has 0 aliphatic rings. The summed E-state index contributed by atoms with van der Waals surface area (Å²) in [6.07, 6.45) is -3.77. The number of halogens is 5. The summed E-state index contributed by atoms with van der Waals surface area (Å²) in [5.74, 6) is 0. The lowest BCUT2D eigenvalue weighted by Gasteiger charge is -2.11. The van der Waals surface area contributed by atoms with Gasteiger partial charge in [-0.3, -0.25) is 4.98 Å². The van der Waals surface area contributed by atoms with E-state index < -0.39 is 11.7 Å². The Morgan fingerprint density at radius 1 is 1.22 bits per heavy atom. The number of hydrogen-bond acceptors (Lipinski definition) is 4. The molecule has 0 amide bonds.